The minimum Gasteiger partial charge on any atom is -0.338 e. The van der Waals surface area contributed by atoms with Crippen molar-refractivity contribution in [1.29, 1.82) is 0 Å². The van der Waals surface area contributed by atoms with Crippen molar-refractivity contribution in [2.75, 3.05) is 6.54 Å². The lowest BCUT2D eigenvalue weighted by molar-refractivity contribution is -0.139. The van der Waals surface area contributed by atoms with Crippen molar-refractivity contribution in [3.8, 4) is 0 Å². The first-order valence-electron chi connectivity index (χ1n) is 9.67. The molecule has 3 aliphatic rings. The molecule has 0 aromatic carbocycles. The Morgan fingerprint density at radius 1 is 1.25 bits per heavy atom. The fraction of sp³-hybridized carbons (Fsp3) is 0.789. The van der Waals surface area contributed by atoms with Crippen LogP contribution in [0.3, 0.4) is 0 Å². The standard InChI is InChI=1S/C19H30N4O/c1-13-21-7-9-22(13)12-17-6-3-8-23(17)19(24)16-10-14-4-2-5-15(11-16)18(14)20/h7,9,14-18H,2-6,8,10-12,20H2,1H3. The van der Waals surface area contributed by atoms with Gasteiger partial charge in [0.15, 0.2) is 0 Å². The van der Waals surface area contributed by atoms with Crippen LogP contribution in [0.25, 0.3) is 0 Å². The smallest absolute Gasteiger partial charge is 0.226 e. The number of hydrogen-bond acceptors (Lipinski definition) is 3. The number of likely N-dealkylation sites (tertiary alicyclic amines) is 1. The van der Waals surface area contributed by atoms with Crippen LogP contribution in [0, 0.1) is 24.7 Å². The number of aromatic nitrogens is 2. The van der Waals surface area contributed by atoms with Gasteiger partial charge < -0.3 is 15.2 Å². The molecule has 1 aromatic rings. The summed E-state index contributed by atoms with van der Waals surface area (Å²) >= 11 is 0. The Bertz CT molecular complexity index is 584. The third kappa shape index (κ3) is 2.87. The molecule has 24 heavy (non-hydrogen) atoms. The lowest BCUT2D eigenvalue weighted by Crippen LogP contribution is -2.50. The minimum atomic E-state index is 0.213. The van der Waals surface area contributed by atoms with Crippen LogP contribution in [-0.4, -0.2) is 39.0 Å². The molecule has 2 bridgehead atoms. The van der Waals surface area contributed by atoms with E-state index in [0.29, 0.717) is 29.8 Å². The molecule has 1 aromatic heterocycles. The van der Waals surface area contributed by atoms with Gasteiger partial charge in [0, 0.05) is 43.5 Å². The van der Waals surface area contributed by atoms with Crippen molar-refractivity contribution in [2.45, 2.75) is 70.5 Å². The predicted octanol–water partition coefficient (Wildman–Crippen LogP) is 2.34. The van der Waals surface area contributed by atoms with Crippen LogP contribution in [0.1, 0.15) is 50.8 Å². The second-order valence-corrected chi connectivity index (χ2v) is 8.15. The fourth-order valence-corrected chi connectivity index (χ4v) is 5.36. The van der Waals surface area contributed by atoms with Crippen LogP contribution in [0.15, 0.2) is 12.4 Å². The highest BCUT2D eigenvalue weighted by Gasteiger charge is 2.43. The molecule has 2 heterocycles. The van der Waals surface area contributed by atoms with E-state index in [1.165, 1.54) is 19.3 Å². The number of carbonyl (C=O) groups is 1. The number of amides is 1. The van der Waals surface area contributed by atoms with E-state index in [-0.39, 0.29) is 5.92 Å². The van der Waals surface area contributed by atoms with Crippen molar-refractivity contribution in [3.05, 3.63) is 18.2 Å². The van der Waals surface area contributed by atoms with E-state index in [1.54, 1.807) is 0 Å². The molecule has 0 radical (unpaired) electrons. The van der Waals surface area contributed by atoms with Gasteiger partial charge >= 0.3 is 0 Å². The average molecular weight is 330 g/mol. The van der Waals surface area contributed by atoms with Crippen LogP contribution in [0.5, 0.6) is 0 Å². The zero-order valence-electron chi connectivity index (χ0n) is 14.7. The topological polar surface area (TPSA) is 64.2 Å². The highest BCUT2D eigenvalue weighted by atomic mass is 16.2. The summed E-state index contributed by atoms with van der Waals surface area (Å²) < 4.78 is 2.18. The van der Waals surface area contributed by atoms with Gasteiger partial charge in [-0.3, -0.25) is 4.79 Å². The Labute approximate surface area is 144 Å². The Morgan fingerprint density at radius 3 is 2.67 bits per heavy atom. The first kappa shape index (κ1) is 16.1. The summed E-state index contributed by atoms with van der Waals surface area (Å²) in [6.45, 7) is 3.84. The molecule has 5 heteroatoms. The number of hydrogen-bond donors (Lipinski definition) is 1. The van der Waals surface area contributed by atoms with Crippen LogP contribution in [0.2, 0.25) is 0 Å². The molecule has 3 unspecified atom stereocenters. The monoisotopic (exact) mass is 330 g/mol. The van der Waals surface area contributed by atoms with Crippen LogP contribution < -0.4 is 5.73 Å². The van der Waals surface area contributed by atoms with E-state index in [2.05, 4.69) is 14.5 Å². The molecule has 3 atom stereocenters. The lowest BCUT2D eigenvalue weighted by atomic mass is 9.65. The largest absolute Gasteiger partial charge is 0.338 e. The van der Waals surface area contributed by atoms with Crippen molar-refractivity contribution < 1.29 is 4.79 Å². The maximum Gasteiger partial charge on any atom is 0.226 e. The van der Waals surface area contributed by atoms with E-state index in [1.807, 2.05) is 19.3 Å². The number of nitrogens with zero attached hydrogens (tertiary/aromatic N) is 3. The first-order valence-corrected chi connectivity index (χ1v) is 9.67. The maximum atomic E-state index is 13.2. The van der Waals surface area contributed by atoms with Crippen molar-refractivity contribution in [2.24, 2.45) is 23.5 Å². The van der Waals surface area contributed by atoms with E-state index in [9.17, 15) is 4.79 Å². The van der Waals surface area contributed by atoms with Gasteiger partial charge in [-0.15, -0.1) is 0 Å². The van der Waals surface area contributed by atoms with E-state index in [0.717, 1.165) is 44.6 Å². The van der Waals surface area contributed by atoms with Gasteiger partial charge in [0.1, 0.15) is 5.82 Å². The van der Waals surface area contributed by atoms with E-state index < -0.39 is 0 Å². The molecule has 0 spiro atoms. The predicted molar refractivity (Wildman–Crippen MR) is 93.2 cm³/mol. The summed E-state index contributed by atoms with van der Waals surface area (Å²) in [7, 11) is 0. The van der Waals surface area contributed by atoms with Crippen molar-refractivity contribution in [1.82, 2.24) is 14.5 Å². The Kier molecular flexibility index (Phi) is 4.37. The summed E-state index contributed by atoms with van der Waals surface area (Å²) in [6, 6.07) is 0.673. The molecule has 2 N–H and O–H groups in total. The number of aryl methyl sites for hydroxylation is 1. The number of rotatable bonds is 3. The Balaban J connectivity index is 1.44. The zero-order chi connectivity index (χ0) is 16.7. The second-order valence-electron chi connectivity index (χ2n) is 8.15. The van der Waals surface area contributed by atoms with Gasteiger partial charge in [-0.25, -0.2) is 4.98 Å². The summed E-state index contributed by atoms with van der Waals surface area (Å²) in [5.74, 6) is 2.79. The molecule has 5 nitrogen and oxygen atoms in total. The Morgan fingerprint density at radius 2 is 2.00 bits per heavy atom. The van der Waals surface area contributed by atoms with E-state index in [4.69, 9.17) is 5.73 Å². The highest BCUT2D eigenvalue weighted by Crippen LogP contribution is 2.43. The molecular formula is C19H30N4O. The van der Waals surface area contributed by atoms with Gasteiger partial charge in [0.2, 0.25) is 5.91 Å². The van der Waals surface area contributed by atoms with Gasteiger partial charge in [-0.2, -0.15) is 0 Å². The average Bonchev–Trinajstić information content (AvgIpc) is 3.16. The number of carbonyl (C=O) groups excluding carboxylic acids is 1. The Hall–Kier alpha value is -1.36. The lowest BCUT2D eigenvalue weighted by Gasteiger charge is -2.44. The third-order valence-electron chi connectivity index (χ3n) is 6.75. The molecule has 1 amide bonds. The normalized spacial score (nSPS) is 36.1. The number of fused-ring (bicyclic) bond motifs is 2. The molecule has 2 aliphatic carbocycles. The van der Waals surface area contributed by atoms with Crippen LogP contribution in [0.4, 0.5) is 0 Å². The number of imidazole rings is 1. The molecule has 2 saturated carbocycles. The summed E-state index contributed by atoms with van der Waals surface area (Å²) in [5, 5.41) is 0. The number of nitrogens with two attached hydrogens (primary N) is 1. The molecule has 3 fully saturated rings. The summed E-state index contributed by atoms with van der Waals surface area (Å²) in [5.41, 5.74) is 6.40. The van der Waals surface area contributed by atoms with Gasteiger partial charge in [-0.05, 0) is 57.3 Å². The zero-order valence-corrected chi connectivity index (χ0v) is 14.7. The van der Waals surface area contributed by atoms with Gasteiger partial charge in [0.05, 0.1) is 0 Å². The molecule has 4 rings (SSSR count). The van der Waals surface area contributed by atoms with E-state index >= 15 is 0 Å². The minimum absolute atomic E-state index is 0.213. The van der Waals surface area contributed by atoms with Crippen LogP contribution in [-0.2, 0) is 11.3 Å². The quantitative estimate of drug-likeness (QED) is 0.925. The van der Waals surface area contributed by atoms with Crippen molar-refractivity contribution in [3.63, 3.8) is 0 Å². The first-order chi connectivity index (χ1) is 11.6. The van der Waals surface area contributed by atoms with Gasteiger partial charge in [0.25, 0.3) is 0 Å². The summed E-state index contributed by atoms with van der Waals surface area (Å²) in [6.07, 6.45) is 11.9. The molecule has 1 saturated heterocycles. The molecule has 1 aliphatic heterocycles. The SMILES string of the molecule is Cc1nccn1CC1CCCN1C(=O)C1CC2CCCC(C1)C2N. The van der Waals surface area contributed by atoms with Crippen LogP contribution >= 0.6 is 0 Å². The molecular weight excluding hydrogens is 300 g/mol. The fourth-order valence-electron chi connectivity index (χ4n) is 5.36. The molecule has 132 valence electrons. The maximum absolute atomic E-state index is 13.2. The van der Waals surface area contributed by atoms with Crippen molar-refractivity contribution >= 4 is 5.91 Å². The highest BCUT2D eigenvalue weighted by molar-refractivity contribution is 5.79. The summed E-state index contributed by atoms with van der Waals surface area (Å²) in [4.78, 5) is 19.7. The third-order valence-corrected chi connectivity index (χ3v) is 6.75. The van der Waals surface area contributed by atoms with Gasteiger partial charge in [-0.1, -0.05) is 6.42 Å². The second kappa shape index (κ2) is 6.51.